The third kappa shape index (κ3) is 1.82. The molecule has 0 saturated heterocycles. The monoisotopic (exact) mass is 265 g/mol. The van der Waals surface area contributed by atoms with Crippen molar-refractivity contribution in [1.29, 1.82) is 0 Å². The van der Waals surface area contributed by atoms with Crippen LogP contribution in [0.2, 0.25) is 0 Å². The Kier molecular flexibility index (Phi) is 2.45. The number of halogens is 4. The quantitative estimate of drug-likeness (QED) is 0.429. The summed E-state index contributed by atoms with van der Waals surface area (Å²) >= 11 is 0. The molecule has 5 heteroatoms. The van der Waals surface area contributed by atoms with Gasteiger partial charge >= 0.3 is 6.18 Å². The molecule has 19 heavy (non-hydrogen) atoms. The molecule has 0 aliphatic carbocycles. The second-order valence-corrected chi connectivity index (χ2v) is 4.14. The van der Waals surface area contributed by atoms with Crippen molar-refractivity contribution < 1.29 is 17.6 Å². The van der Waals surface area contributed by atoms with Crippen molar-refractivity contribution in [3.05, 3.63) is 54.0 Å². The molecule has 1 heterocycles. The van der Waals surface area contributed by atoms with E-state index in [1.165, 1.54) is 24.3 Å². The Morgan fingerprint density at radius 1 is 0.789 bits per heavy atom. The number of alkyl halides is 3. The lowest BCUT2D eigenvalue weighted by molar-refractivity contribution is -0.139. The minimum Gasteiger partial charge on any atom is -0.240 e. The van der Waals surface area contributed by atoms with Gasteiger partial charge in [-0.05, 0) is 11.5 Å². The molecular weight excluding hydrogens is 258 g/mol. The third-order valence-electron chi connectivity index (χ3n) is 2.95. The van der Waals surface area contributed by atoms with Gasteiger partial charge in [0.25, 0.3) is 0 Å². The van der Waals surface area contributed by atoms with Crippen molar-refractivity contribution in [2.75, 3.05) is 0 Å². The fourth-order valence-corrected chi connectivity index (χ4v) is 2.16. The molecule has 0 saturated carbocycles. The van der Waals surface area contributed by atoms with Crippen LogP contribution in [0, 0.1) is 5.82 Å². The van der Waals surface area contributed by atoms with Crippen LogP contribution in [0.5, 0.6) is 0 Å². The van der Waals surface area contributed by atoms with E-state index in [0.717, 1.165) is 6.07 Å². The maximum absolute atomic E-state index is 13.7. The van der Waals surface area contributed by atoms with Gasteiger partial charge in [0.1, 0.15) is 11.3 Å². The molecule has 0 N–H and O–H groups in total. The lowest BCUT2D eigenvalue weighted by Gasteiger charge is -2.12. The second-order valence-electron chi connectivity index (χ2n) is 4.14. The number of pyridine rings is 1. The zero-order valence-corrected chi connectivity index (χ0v) is 9.50. The van der Waals surface area contributed by atoms with Gasteiger partial charge < -0.3 is 0 Å². The fraction of sp³-hybridized carbons (Fsp3) is 0.0714. The normalized spacial score (nSPS) is 12.2. The van der Waals surface area contributed by atoms with Crippen LogP contribution in [-0.4, -0.2) is 4.98 Å². The van der Waals surface area contributed by atoms with E-state index in [9.17, 15) is 17.6 Å². The molecule has 0 unspecified atom stereocenters. The lowest BCUT2D eigenvalue weighted by Crippen LogP contribution is -2.09. The SMILES string of the molecule is Fc1cccc2c1nc(C(F)(F)F)c1ccccc12. The standard InChI is InChI=1S/C14H7F4N/c15-11-7-3-6-9-8-4-1-2-5-10(8)13(14(16,17)18)19-12(9)11/h1-7H. The Morgan fingerprint density at radius 3 is 2.11 bits per heavy atom. The van der Waals surface area contributed by atoms with Crippen LogP contribution in [0.1, 0.15) is 5.69 Å². The highest BCUT2D eigenvalue weighted by Gasteiger charge is 2.35. The Morgan fingerprint density at radius 2 is 1.42 bits per heavy atom. The van der Waals surface area contributed by atoms with Crippen LogP contribution in [0.25, 0.3) is 21.7 Å². The Labute approximate surface area is 105 Å². The molecule has 0 amide bonds. The summed E-state index contributed by atoms with van der Waals surface area (Å²) < 4.78 is 52.6. The first kappa shape index (κ1) is 11.9. The van der Waals surface area contributed by atoms with Crippen LogP contribution in [0.15, 0.2) is 42.5 Å². The summed E-state index contributed by atoms with van der Waals surface area (Å²) in [5.74, 6) is -0.756. The molecule has 1 aromatic heterocycles. The number of fused-ring (bicyclic) bond motifs is 3. The van der Waals surface area contributed by atoms with Gasteiger partial charge in [-0.1, -0.05) is 36.4 Å². The van der Waals surface area contributed by atoms with Crippen LogP contribution in [0.4, 0.5) is 17.6 Å². The predicted octanol–water partition coefficient (Wildman–Crippen LogP) is 4.55. The highest BCUT2D eigenvalue weighted by Crippen LogP contribution is 2.36. The average molecular weight is 265 g/mol. The molecule has 0 atom stereocenters. The van der Waals surface area contributed by atoms with Gasteiger partial charge in [0.15, 0.2) is 5.69 Å². The maximum Gasteiger partial charge on any atom is 0.433 e. The molecule has 0 aliphatic heterocycles. The number of aromatic nitrogens is 1. The molecule has 96 valence electrons. The summed E-state index contributed by atoms with van der Waals surface area (Å²) in [5.41, 5.74) is -1.31. The first-order chi connectivity index (χ1) is 8.98. The highest BCUT2D eigenvalue weighted by molar-refractivity contribution is 6.06. The number of hydrogen-bond acceptors (Lipinski definition) is 1. The van der Waals surface area contributed by atoms with E-state index in [1.54, 1.807) is 12.1 Å². The van der Waals surface area contributed by atoms with E-state index in [-0.39, 0.29) is 10.9 Å². The topological polar surface area (TPSA) is 12.9 Å². The number of nitrogens with zero attached hydrogens (tertiary/aromatic N) is 1. The van der Waals surface area contributed by atoms with Gasteiger partial charge in [-0.2, -0.15) is 13.2 Å². The van der Waals surface area contributed by atoms with E-state index in [4.69, 9.17) is 0 Å². The number of benzene rings is 2. The molecule has 0 fully saturated rings. The van der Waals surface area contributed by atoms with E-state index in [0.29, 0.717) is 10.8 Å². The minimum absolute atomic E-state index is 0.0203. The number of rotatable bonds is 0. The van der Waals surface area contributed by atoms with Gasteiger partial charge in [0.05, 0.1) is 0 Å². The third-order valence-corrected chi connectivity index (χ3v) is 2.95. The summed E-state index contributed by atoms with van der Waals surface area (Å²) in [6, 6.07) is 10.1. The average Bonchev–Trinajstić information content (AvgIpc) is 2.37. The predicted molar refractivity (Wildman–Crippen MR) is 64.2 cm³/mol. The highest BCUT2D eigenvalue weighted by atomic mass is 19.4. The van der Waals surface area contributed by atoms with E-state index < -0.39 is 17.7 Å². The molecule has 2 aromatic carbocycles. The van der Waals surface area contributed by atoms with Crippen molar-refractivity contribution in [2.24, 2.45) is 0 Å². The van der Waals surface area contributed by atoms with Crippen LogP contribution >= 0.6 is 0 Å². The summed E-state index contributed by atoms with van der Waals surface area (Å²) in [7, 11) is 0. The second kappa shape index (κ2) is 3.91. The number of para-hydroxylation sites is 1. The van der Waals surface area contributed by atoms with Crippen LogP contribution < -0.4 is 0 Å². The van der Waals surface area contributed by atoms with Crippen molar-refractivity contribution in [3.8, 4) is 0 Å². The van der Waals surface area contributed by atoms with E-state index in [1.807, 2.05) is 0 Å². The van der Waals surface area contributed by atoms with E-state index >= 15 is 0 Å². The summed E-state index contributed by atoms with van der Waals surface area (Å²) in [4.78, 5) is 3.47. The molecule has 0 bridgehead atoms. The van der Waals surface area contributed by atoms with Gasteiger partial charge in [0.2, 0.25) is 0 Å². The largest absolute Gasteiger partial charge is 0.433 e. The van der Waals surface area contributed by atoms with Gasteiger partial charge in [-0.25, -0.2) is 9.37 Å². The van der Waals surface area contributed by atoms with Crippen molar-refractivity contribution in [2.45, 2.75) is 6.18 Å². The first-order valence-electron chi connectivity index (χ1n) is 5.52. The zero-order valence-electron chi connectivity index (χ0n) is 9.50. The molecule has 0 aliphatic rings. The summed E-state index contributed by atoms with van der Waals surface area (Å²) in [6.07, 6.45) is -4.62. The lowest BCUT2D eigenvalue weighted by atomic mass is 10.0. The van der Waals surface area contributed by atoms with Crippen molar-refractivity contribution in [1.82, 2.24) is 4.98 Å². The summed E-state index contributed by atoms with van der Waals surface area (Å²) in [5, 5.41) is 0.705. The molecule has 1 nitrogen and oxygen atoms in total. The molecule has 0 radical (unpaired) electrons. The van der Waals surface area contributed by atoms with Gasteiger partial charge in [0, 0.05) is 10.8 Å². The first-order valence-corrected chi connectivity index (χ1v) is 5.52. The molecule has 3 aromatic rings. The minimum atomic E-state index is -4.62. The zero-order chi connectivity index (χ0) is 13.6. The summed E-state index contributed by atoms with van der Waals surface area (Å²) in [6.45, 7) is 0. The van der Waals surface area contributed by atoms with Crippen LogP contribution in [0.3, 0.4) is 0 Å². The van der Waals surface area contributed by atoms with E-state index in [2.05, 4.69) is 4.98 Å². The van der Waals surface area contributed by atoms with Crippen molar-refractivity contribution in [3.63, 3.8) is 0 Å². The Balaban J connectivity index is 2.58. The molecular formula is C14H7F4N. The van der Waals surface area contributed by atoms with Gasteiger partial charge in [-0.3, -0.25) is 0 Å². The van der Waals surface area contributed by atoms with Crippen LogP contribution in [-0.2, 0) is 6.18 Å². The Bertz CT molecular complexity index is 777. The Hall–Kier alpha value is -2.17. The fourth-order valence-electron chi connectivity index (χ4n) is 2.16. The smallest absolute Gasteiger partial charge is 0.240 e. The van der Waals surface area contributed by atoms with Crippen molar-refractivity contribution >= 4 is 21.7 Å². The molecule has 0 spiro atoms. The molecule has 3 rings (SSSR count). The number of hydrogen-bond donors (Lipinski definition) is 0. The van der Waals surface area contributed by atoms with Gasteiger partial charge in [-0.15, -0.1) is 0 Å². The maximum atomic E-state index is 13.7.